The van der Waals surface area contributed by atoms with Gasteiger partial charge < -0.3 is 19.9 Å². The molecule has 0 aromatic heterocycles. The third kappa shape index (κ3) is 3.10. The molecule has 0 aliphatic heterocycles. The second kappa shape index (κ2) is 6.10. The molecule has 1 rings (SSSR count). The Hall–Kier alpha value is -1.75. The lowest BCUT2D eigenvalue weighted by atomic mass is 10.0. The van der Waals surface area contributed by atoms with Crippen molar-refractivity contribution in [3.63, 3.8) is 0 Å². The summed E-state index contributed by atoms with van der Waals surface area (Å²) in [5, 5.41) is 0. The molecule has 0 saturated carbocycles. The van der Waals surface area contributed by atoms with E-state index in [1.54, 1.807) is 32.4 Å². The molecule has 1 aromatic carbocycles. The molecular weight excluding hydrogens is 222 g/mol. The van der Waals surface area contributed by atoms with E-state index in [1.165, 1.54) is 7.11 Å². The first-order valence-corrected chi connectivity index (χ1v) is 5.17. The summed E-state index contributed by atoms with van der Waals surface area (Å²) in [5.74, 6) is 0.826. The summed E-state index contributed by atoms with van der Waals surface area (Å²) in [6.07, 6.45) is 0.0766. The van der Waals surface area contributed by atoms with Crippen molar-refractivity contribution < 1.29 is 19.0 Å². The van der Waals surface area contributed by atoms with Gasteiger partial charge in [0.2, 0.25) is 0 Å². The summed E-state index contributed by atoms with van der Waals surface area (Å²) < 4.78 is 15.0. The number of carbonyl (C=O) groups excluding carboxylic acids is 1. The number of benzene rings is 1. The molecule has 0 spiro atoms. The van der Waals surface area contributed by atoms with Gasteiger partial charge in [0.05, 0.1) is 33.3 Å². The van der Waals surface area contributed by atoms with Crippen LogP contribution in [-0.4, -0.2) is 27.3 Å². The second-order valence-corrected chi connectivity index (χ2v) is 3.46. The zero-order valence-corrected chi connectivity index (χ0v) is 10.2. The number of carbonyl (C=O) groups is 1. The van der Waals surface area contributed by atoms with Crippen LogP contribution >= 0.6 is 0 Å². The van der Waals surface area contributed by atoms with Crippen molar-refractivity contribution in [2.24, 2.45) is 5.73 Å². The van der Waals surface area contributed by atoms with Crippen molar-refractivity contribution in [1.29, 1.82) is 0 Å². The molecule has 0 amide bonds. The molecule has 0 radical (unpaired) electrons. The Morgan fingerprint density at radius 1 is 1.24 bits per heavy atom. The number of methoxy groups -OCH3 is 3. The van der Waals surface area contributed by atoms with Gasteiger partial charge in [-0.05, 0) is 12.1 Å². The van der Waals surface area contributed by atoms with Crippen molar-refractivity contribution in [3.05, 3.63) is 23.8 Å². The molecule has 5 nitrogen and oxygen atoms in total. The van der Waals surface area contributed by atoms with Crippen molar-refractivity contribution in [1.82, 2.24) is 0 Å². The second-order valence-electron chi connectivity index (χ2n) is 3.46. The van der Waals surface area contributed by atoms with Crippen LogP contribution in [0.3, 0.4) is 0 Å². The smallest absolute Gasteiger partial charge is 0.307 e. The van der Waals surface area contributed by atoms with Crippen molar-refractivity contribution in [2.45, 2.75) is 12.5 Å². The zero-order chi connectivity index (χ0) is 12.8. The Morgan fingerprint density at radius 3 is 2.18 bits per heavy atom. The number of ether oxygens (including phenoxy) is 3. The van der Waals surface area contributed by atoms with E-state index in [4.69, 9.17) is 15.2 Å². The van der Waals surface area contributed by atoms with E-state index in [-0.39, 0.29) is 12.4 Å². The molecule has 0 aliphatic carbocycles. The van der Waals surface area contributed by atoms with Crippen LogP contribution in [0.4, 0.5) is 0 Å². The molecule has 0 heterocycles. The summed E-state index contributed by atoms with van der Waals surface area (Å²) in [4.78, 5) is 11.2. The molecule has 0 fully saturated rings. The first kappa shape index (κ1) is 13.3. The minimum Gasteiger partial charge on any atom is -0.496 e. The minimum atomic E-state index is -0.520. The van der Waals surface area contributed by atoms with Crippen LogP contribution in [0.2, 0.25) is 0 Å². The van der Waals surface area contributed by atoms with Crippen LogP contribution in [0, 0.1) is 0 Å². The average Bonchev–Trinajstić information content (AvgIpc) is 2.37. The molecule has 1 aromatic rings. The Bertz CT molecular complexity index is 370. The molecule has 2 N–H and O–H groups in total. The van der Waals surface area contributed by atoms with Gasteiger partial charge in [-0.15, -0.1) is 0 Å². The summed E-state index contributed by atoms with van der Waals surface area (Å²) in [7, 11) is 4.42. The highest BCUT2D eigenvalue weighted by Crippen LogP contribution is 2.34. The van der Waals surface area contributed by atoms with E-state index < -0.39 is 6.04 Å². The zero-order valence-electron chi connectivity index (χ0n) is 10.2. The molecule has 0 unspecified atom stereocenters. The van der Waals surface area contributed by atoms with Crippen LogP contribution < -0.4 is 15.2 Å². The van der Waals surface area contributed by atoms with Crippen LogP contribution in [0.25, 0.3) is 0 Å². The minimum absolute atomic E-state index is 0.0766. The van der Waals surface area contributed by atoms with E-state index in [2.05, 4.69) is 4.74 Å². The van der Waals surface area contributed by atoms with Gasteiger partial charge in [-0.2, -0.15) is 0 Å². The first-order valence-electron chi connectivity index (χ1n) is 5.17. The molecule has 1 atom stereocenters. The van der Waals surface area contributed by atoms with Gasteiger partial charge in [-0.3, -0.25) is 4.79 Å². The maximum atomic E-state index is 11.2. The predicted octanol–water partition coefficient (Wildman–Crippen LogP) is 1.27. The number of hydrogen-bond acceptors (Lipinski definition) is 5. The summed E-state index contributed by atoms with van der Waals surface area (Å²) in [6, 6.07) is 4.82. The van der Waals surface area contributed by atoms with Gasteiger partial charge in [-0.1, -0.05) is 6.07 Å². The van der Waals surface area contributed by atoms with E-state index in [0.29, 0.717) is 17.1 Å². The quantitative estimate of drug-likeness (QED) is 0.783. The van der Waals surface area contributed by atoms with E-state index in [9.17, 15) is 4.79 Å². The lowest BCUT2D eigenvalue weighted by Gasteiger charge is -2.17. The third-order valence-corrected chi connectivity index (χ3v) is 2.45. The first-order chi connectivity index (χ1) is 8.13. The van der Waals surface area contributed by atoms with Crippen LogP contribution in [0.1, 0.15) is 18.0 Å². The standard InChI is InChI=1S/C12H17NO4/c1-15-9-5-4-6-10(16-2)12(9)8(13)7-11(14)17-3/h4-6,8H,7,13H2,1-3H3/t8-/m1/s1. The number of hydrogen-bond donors (Lipinski definition) is 1. The number of esters is 1. The van der Waals surface area contributed by atoms with Gasteiger partial charge in [0.1, 0.15) is 11.5 Å². The van der Waals surface area contributed by atoms with Gasteiger partial charge in [-0.25, -0.2) is 0 Å². The van der Waals surface area contributed by atoms with Crippen LogP contribution in [0.15, 0.2) is 18.2 Å². The number of nitrogens with two attached hydrogens (primary N) is 1. The highest BCUT2D eigenvalue weighted by Gasteiger charge is 2.20. The van der Waals surface area contributed by atoms with Gasteiger partial charge >= 0.3 is 5.97 Å². The Kier molecular flexibility index (Phi) is 4.78. The Morgan fingerprint density at radius 2 is 1.76 bits per heavy atom. The molecule has 0 bridgehead atoms. The van der Waals surface area contributed by atoms with Gasteiger partial charge in [0.25, 0.3) is 0 Å². The van der Waals surface area contributed by atoms with Crippen molar-refractivity contribution in [2.75, 3.05) is 21.3 Å². The fourth-order valence-electron chi connectivity index (χ4n) is 1.61. The molecule has 0 saturated heterocycles. The summed E-state index contributed by atoms with van der Waals surface area (Å²) in [5.41, 5.74) is 6.63. The molecule has 0 aliphatic rings. The van der Waals surface area contributed by atoms with E-state index >= 15 is 0 Å². The van der Waals surface area contributed by atoms with Crippen LogP contribution in [0.5, 0.6) is 11.5 Å². The SMILES string of the molecule is COC(=O)C[C@@H](N)c1c(OC)cccc1OC. The van der Waals surface area contributed by atoms with E-state index in [0.717, 1.165) is 0 Å². The highest BCUT2D eigenvalue weighted by molar-refractivity contribution is 5.70. The maximum Gasteiger partial charge on any atom is 0.307 e. The average molecular weight is 239 g/mol. The fourth-order valence-corrected chi connectivity index (χ4v) is 1.61. The lowest BCUT2D eigenvalue weighted by Crippen LogP contribution is -2.18. The van der Waals surface area contributed by atoms with Crippen molar-refractivity contribution in [3.8, 4) is 11.5 Å². The van der Waals surface area contributed by atoms with Gasteiger partial charge in [0.15, 0.2) is 0 Å². The largest absolute Gasteiger partial charge is 0.496 e. The third-order valence-electron chi connectivity index (χ3n) is 2.45. The molecule has 17 heavy (non-hydrogen) atoms. The Balaban J connectivity index is 3.04. The van der Waals surface area contributed by atoms with Crippen LogP contribution in [-0.2, 0) is 9.53 Å². The van der Waals surface area contributed by atoms with E-state index in [1.807, 2.05) is 0 Å². The molecule has 5 heteroatoms. The monoisotopic (exact) mass is 239 g/mol. The highest BCUT2D eigenvalue weighted by atomic mass is 16.5. The normalized spacial score (nSPS) is 11.8. The lowest BCUT2D eigenvalue weighted by molar-refractivity contribution is -0.141. The molecule has 94 valence electrons. The predicted molar refractivity (Wildman–Crippen MR) is 63.1 cm³/mol. The maximum absolute atomic E-state index is 11.2. The topological polar surface area (TPSA) is 70.8 Å². The summed E-state index contributed by atoms with van der Waals surface area (Å²) in [6.45, 7) is 0. The number of rotatable bonds is 5. The molecular formula is C12H17NO4. The fraction of sp³-hybridized carbons (Fsp3) is 0.417. The summed E-state index contributed by atoms with van der Waals surface area (Å²) >= 11 is 0. The Labute approximate surface area is 100 Å². The van der Waals surface area contributed by atoms with Gasteiger partial charge in [0, 0.05) is 6.04 Å². The van der Waals surface area contributed by atoms with Crippen molar-refractivity contribution >= 4 is 5.97 Å².